The van der Waals surface area contributed by atoms with E-state index in [1.807, 2.05) is 30.3 Å². The van der Waals surface area contributed by atoms with Crippen LogP contribution in [0.4, 0.5) is 4.79 Å². The molecule has 0 saturated heterocycles. The van der Waals surface area contributed by atoms with Gasteiger partial charge in [-0.15, -0.1) is 10.2 Å². The molecule has 0 bridgehead atoms. The van der Waals surface area contributed by atoms with Crippen LogP contribution in [0.1, 0.15) is 51.3 Å². The number of hydrogen-bond donors (Lipinski definition) is 4. The summed E-state index contributed by atoms with van der Waals surface area (Å²) in [5.74, 6) is -0.714. The first-order chi connectivity index (χ1) is 17.1. The topological polar surface area (TPSA) is 176 Å². The number of ether oxygens (including phenoxy) is 2. The lowest BCUT2D eigenvalue weighted by Gasteiger charge is -2.24. The lowest BCUT2D eigenvalue weighted by molar-refractivity contribution is -0.126. The molecule has 3 amide bonds. The van der Waals surface area contributed by atoms with Gasteiger partial charge in [-0.05, 0) is 38.5 Å². The predicted octanol–water partition coefficient (Wildman–Crippen LogP) is 1.58. The van der Waals surface area contributed by atoms with Crippen LogP contribution in [0.2, 0.25) is 0 Å². The van der Waals surface area contributed by atoms with Crippen molar-refractivity contribution in [3.05, 3.63) is 65.6 Å². The second-order valence-electron chi connectivity index (χ2n) is 8.86. The van der Waals surface area contributed by atoms with Gasteiger partial charge in [0.25, 0.3) is 0 Å². The van der Waals surface area contributed by atoms with Gasteiger partial charge in [0.15, 0.2) is 11.5 Å². The molecule has 0 radical (unpaired) electrons. The summed E-state index contributed by atoms with van der Waals surface area (Å²) in [5.41, 5.74) is 12.0. The van der Waals surface area contributed by atoms with Gasteiger partial charge < -0.3 is 31.6 Å². The zero-order chi connectivity index (χ0) is 26.3. The van der Waals surface area contributed by atoms with E-state index in [1.165, 1.54) is 6.92 Å². The Morgan fingerprint density at radius 3 is 2.38 bits per heavy atom. The second kappa shape index (κ2) is 12.8. The molecule has 12 nitrogen and oxygen atoms in total. The molecule has 2 heterocycles. The summed E-state index contributed by atoms with van der Waals surface area (Å²) in [4.78, 5) is 36.0. The van der Waals surface area contributed by atoms with Gasteiger partial charge in [-0.3, -0.25) is 14.0 Å². The fraction of sp³-hybridized carbons (Fsp3) is 0.400. The van der Waals surface area contributed by atoms with Gasteiger partial charge in [-0.2, -0.15) is 0 Å². The molecule has 200 valence electrons. The quantitative estimate of drug-likeness (QED) is 0.299. The average molecular weight is 514 g/mol. The van der Waals surface area contributed by atoms with E-state index in [4.69, 9.17) is 20.9 Å². The smallest absolute Gasteiger partial charge is 0.408 e. The third kappa shape index (κ3) is 7.98. The predicted molar refractivity (Wildman–Crippen MR) is 137 cm³/mol. The Hall–Kier alpha value is -4.03. The molecular weight excluding hydrogens is 478 g/mol. The summed E-state index contributed by atoms with van der Waals surface area (Å²) in [5, 5.41) is 13.7. The number of rotatable bonds is 11. The largest absolute Gasteiger partial charge is 0.443 e. The Labute approximate surface area is 215 Å². The first-order valence-electron chi connectivity index (χ1n) is 11.3. The molecule has 0 aliphatic rings. The number of benzene rings is 1. The van der Waals surface area contributed by atoms with Crippen molar-refractivity contribution in [1.82, 2.24) is 25.2 Å². The van der Waals surface area contributed by atoms with E-state index in [0.717, 1.165) is 5.56 Å². The third-order valence-corrected chi connectivity index (χ3v) is 5.24. The molecule has 6 N–H and O–H groups in total. The zero-order valence-corrected chi connectivity index (χ0v) is 20.4. The Morgan fingerprint density at radius 2 is 1.73 bits per heavy atom. The normalized spacial score (nSPS) is 12.8. The minimum absolute atomic E-state index is 0. The number of nitrogens with one attached hydrogen (secondary N) is 2. The summed E-state index contributed by atoms with van der Waals surface area (Å²) in [7, 11) is 0. The molecule has 3 rings (SSSR count). The van der Waals surface area contributed by atoms with Crippen LogP contribution in [0, 0.1) is 0 Å². The van der Waals surface area contributed by atoms with Crippen LogP contribution in [0.25, 0.3) is 5.65 Å². The van der Waals surface area contributed by atoms with E-state index in [9.17, 15) is 14.4 Å². The van der Waals surface area contributed by atoms with Crippen molar-refractivity contribution >= 4 is 23.6 Å². The highest BCUT2D eigenvalue weighted by Crippen LogP contribution is 2.18. The number of nitrogens with zero attached hydrogens (tertiary/aromatic N) is 3. The van der Waals surface area contributed by atoms with Crippen LogP contribution >= 0.6 is 0 Å². The van der Waals surface area contributed by atoms with Crippen molar-refractivity contribution in [2.45, 2.75) is 59.0 Å². The fourth-order valence-electron chi connectivity index (χ4n) is 3.19. The summed E-state index contributed by atoms with van der Waals surface area (Å²) in [6.45, 7) is 4.89. The second-order valence-corrected chi connectivity index (χ2v) is 8.86. The molecule has 3 aromatic rings. The zero-order valence-electron chi connectivity index (χ0n) is 20.4. The first-order valence-corrected chi connectivity index (χ1v) is 11.3. The molecule has 0 aliphatic carbocycles. The van der Waals surface area contributed by atoms with Crippen molar-refractivity contribution in [2.24, 2.45) is 11.5 Å². The third-order valence-electron chi connectivity index (χ3n) is 5.24. The highest BCUT2D eigenvalue weighted by molar-refractivity contribution is 5.85. The van der Waals surface area contributed by atoms with Crippen molar-refractivity contribution in [1.29, 1.82) is 0 Å². The number of primary amides is 1. The Bertz CT molecular complexity index is 1210. The highest BCUT2D eigenvalue weighted by atomic mass is 16.5. The number of carbonyl (C=O) groups is 3. The first kappa shape index (κ1) is 29.2. The maximum absolute atomic E-state index is 12.7. The lowest BCUT2D eigenvalue weighted by Crippen LogP contribution is -2.51. The van der Waals surface area contributed by atoms with E-state index in [1.54, 1.807) is 36.4 Å². The number of fused-ring (bicyclic) bond motifs is 1. The summed E-state index contributed by atoms with van der Waals surface area (Å²) >= 11 is 0. The van der Waals surface area contributed by atoms with Crippen LogP contribution in [0.3, 0.4) is 0 Å². The van der Waals surface area contributed by atoms with E-state index in [0.29, 0.717) is 23.8 Å². The van der Waals surface area contributed by atoms with Crippen LogP contribution in [-0.4, -0.2) is 50.7 Å². The van der Waals surface area contributed by atoms with Crippen LogP contribution in [-0.2, 0) is 32.3 Å². The number of pyridine rings is 1. The molecule has 2 aromatic heterocycles. The summed E-state index contributed by atoms with van der Waals surface area (Å²) < 4.78 is 12.8. The number of aromatic nitrogens is 3. The van der Waals surface area contributed by atoms with Crippen molar-refractivity contribution in [3.63, 3.8) is 0 Å². The van der Waals surface area contributed by atoms with E-state index >= 15 is 0 Å². The lowest BCUT2D eigenvalue weighted by atomic mass is 10.1. The van der Waals surface area contributed by atoms with Crippen LogP contribution in [0.5, 0.6) is 0 Å². The van der Waals surface area contributed by atoms with Gasteiger partial charge >= 0.3 is 6.09 Å². The van der Waals surface area contributed by atoms with E-state index < -0.39 is 35.5 Å². The average Bonchev–Trinajstić information content (AvgIpc) is 3.26. The molecule has 2 atom stereocenters. The number of alkyl carbamates (subject to hydrolysis) is 1. The number of hydrogen-bond acceptors (Lipinski definition) is 8. The van der Waals surface area contributed by atoms with Gasteiger partial charge in [0, 0.05) is 0 Å². The molecule has 0 aliphatic heterocycles. The van der Waals surface area contributed by atoms with Gasteiger partial charge in [-0.25, -0.2) is 4.79 Å². The van der Waals surface area contributed by atoms with Gasteiger partial charge in [0.05, 0.1) is 24.4 Å². The van der Waals surface area contributed by atoms with Gasteiger partial charge in [0.1, 0.15) is 18.7 Å². The summed E-state index contributed by atoms with van der Waals surface area (Å²) in [6.07, 6.45) is -0.811. The Morgan fingerprint density at radius 1 is 1.03 bits per heavy atom. The number of carbonyl (C=O) groups excluding carboxylic acids is 3. The molecule has 0 fully saturated rings. The van der Waals surface area contributed by atoms with Crippen molar-refractivity contribution < 1.29 is 23.9 Å². The monoisotopic (exact) mass is 513 g/mol. The standard InChI is InChI=1S/C24H31N7O5.CH4/c1-15(20(25)32)27-23(34)36-13-17-10-7-11-19-29-30-21(31(17)19)18(28-22(33)24(2,3)26)14-35-12-16-8-5-4-6-9-16;/h4-11,15,18H,12-14,26H2,1-3H3,(H2,25,32)(H,27,34)(H,28,33);1H4/t15-,18+;/m0./s1. The molecule has 0 spiro atoms. The maximum atomic E-state index is 12.7. The molecular formula is C25H35N7O5. The minimum atomic E-state index is -1.14. The minimum Gasteiger partial charge on any atom is -0.443 e. The summed E-state index contributed by atoms with van der Waals surface area (Å²) in [6, 6.07) is 13.2. The fourth-order valence-corrected chi connectivity index (χ4v) is 3.19. The van der Waals surface area contributed by atoms with Gasteiger partial charge in [0.2, 0.25) is 11.8 Å². The van der Waals surface area contributed by atoms with E-state index in [-0.39, 0.29) is 20.6 Å². The molecule has 1 aromatic carbocycles. The highest BCUT2D eigenvalue weighted by Gasteiger charge is 2.28. The molecule has 12 heteroatoms. The number of nitrogens with two attached hydrogens (primary N) is 2. The van der Waals surface area contributed by atoms with Crippen LogP contribution in [0.15, 0.2) is 48.5 Å². The van der Waals surface area contributed by atoms with E-state index in [2.05, 4.69) is 20.8 Å². The number of amides is 3. The molecule has 0 saturated carbocycles. The maximum Gasteiger partial charge on any atom is 0.408 e. The van der Waals surface area contributed by atoms with Gasteiger partial charge in [-0.1, -0.05) is 43.8 Å². The Balaban J connectivity index is 0.00000481. The van der Waals surface area contributed by atoms with Crippen molar-refractivity contribution in [3.8, 4) is 0 Å². The molecule has 37 heavy (non-hydrogen) atoms. The SMILES string of the molecule is C.C[C@H](NC(=O)OCc1cccc2nnc([C@@H](COCc3ccccc3)NC(=O)C(C)(C)N)n12)C(N)=O. The Kier molecular flexibility index (Phi) is 10.1. The van der Waals surface area contributed by atoms with Crippen molar-refractivity contribution in [2.75, 3.05) is 6.61 Å². The van der Waals surface area contributed by atoms with Crippen LogP contribution < -0.4 is 22.1 Å². The molecule has 0 unspecified atom stereocenters.